The third kappa shape index (κ3) is 3.89. The first-order valence-corrected chi connectivity index (χ1v) is 7.90. The molecular weight excluding hydrogens is 334 g/mol. The minimum Gasteiger partial charge on any atom is -0.496 e. The first-order valence-electron chi connectivity index (χ1n) is 7.90. The number of nitrogens with one attached hydrogen (secondary N) is 1. The summed E-state index contributed by atoms with van der Waals surface area (Å²) in [5.74, 6) is 1.70. The van der Waals surface area contributed by atoms with E-state index in [0.717, 1.165) is 11.3 Å². The number of nitrogens with zero attached hydrogens (tertiary/aromatic N) is 2. The van der Waals surface area contributed by atoms with Gasteiger partial charge in [0.25, 0.3) is 5.69 Å². The Morgan fingerprint density at radius 1 is 1.15 bits per heavy atom. The Balaban J connectivity index is 1.67. The van der Waals surface area contributed by atoms with Crippen LogP contribution in [-0.2, 0) is 6.54 Å². The molecule has 7 nitrogen and oxygen atoms in total. The molecule has 0 aliphatic carbocycles. The van der Waals surface area contributed by atoms with E-state index in [1.54, 1.807) is 37.4 Å². The number of methoxy groups -OCH3 is 1. The van der Waals surface area contributed by atoms with Gasteiger partial charge in [0, 0.05) is 11.6 Å². The number of para-hydroxylation sites is 2. The van der Waals surface area contributed by atoms with Crippen LogP contribution in [0.2, 0.25) is 0 Å². The highest BCUT2D eigenvalue weighted by Gasteiger charge is 2.16. The van der Waals surface area contributed by atoms with E-state index in [4.69, 9.17) is 9.15 Å². The van der Waals surface area contributed by atoms with E-state index in [9.17, 15) is 10.1 Å². The first kappa shape index (κ1) is 17.2. The van der Waals surface area contributed by atoms with E-state index >= 15 is 0 Å². The second-order valence-electron chi connectivity index (χ2n) is 5.38. The molecule has 1 aromatic heterocycles. The van der Waals surface area contributed by atoms with Crippen molar-refractivity contribution in [1.82, 2.24) is 5.43 Å². The van der Waals surface area contributed by atoms with Gasteiger partial charge in [0.05, 0.1) is 30.4 Å². The quantitative estimate of drug-likeness (QED) is 0.395. The number of nitro groups is 1. The van der Waals surface area contributed by atoms with E-state index in [1.165, 1.54) is 12.3 Å². The summed E-state index contributed by atoms with van der Waals surface area (Å²) >= 11 is 0. The lowest BCUT2D eigenvalue weighted by Crippen LogP contribution is -2.06. The predicted molar refractivity (Wildman–Crippen MR) is 98.2 cm³/mol. The lowest BCUT2D eigenvalue weighted by molar-refractivity contribution is -0.384. The molecule has 2 aromatic carbocycles. The average molecular weight is 351 g/mol. The summed E-state index contributed by atoms with van der Waals surface area (Å²) in [5, 5.41) is 15.2. The minimum absolute atomic E-state index is 0.000337. The molecule has 0 radical (unpaired) electrons. The second kappa shape index (κ2) is 7.98. The van der Waals surface area contributed by atoms with E-state index in [0.29, 0.717) is 23.6 Å². The SMILES string of the molecule is COc1ccccc1CN/N=C/c1ccc(-c2ccccc2[N+](=O)[O-])o1. The fourth-order valence-electron chi connectivity index (χ4n) is 2.50. The van der Waals surface area contributed by atoms with E-state index in [2.05, 4.69) is 10.5 Å². The molecule has 0 amide bonds. The Morgan fingerprint density at radius 2 is 1.92 bits per heavy atom. The van der Waals surface area contributed by atoms with E-state index in [-0.39, 0.29) is 5.69 Å². The summed E-state index contributed by atoms with van der Waals surface area (Å²) in [4.78, 5) is 10.7. The van der Waals surface area contributed by atoms with Crippen molar-refractivity contribution < 1.29 is 14.1 Å². The van der Waals surface area contributed by atoms with Crippen molar-refractivity contribution >= 4 is 11.9 Å². The number of ether oxygens (including phenoxy) is 1. The largest absolute Gasteiger partial charge is 0.496 e. The Bertz CT molecular complexity index is 934. The van der Waals surface area contributed by atoms with Crippen molar-refractivity contribution in [1.29, 1.82) is 0 Å². The van der Waals surface area contributed by atoms with Crippen LogP contribution in [0, 0.1) is 10.1 Å². The van der Waals surface area contributed by atoms with Gasteiger partial charge in [0.15, 0.2) is 0 Å². The van der Waals surface area contributed by atoms with Crippen LogP contribution in [0.3, 0.4) is 0 Å². The predicted octanol–water partition coefficient (Wildman–Crippen LogP) is 3.99. The lowest BCUT2D eigenvalue weighted by atomic mass is 10.1. The monoisotopic (exact) mass is 351 g/mol. The maximum atomic E-state index is 11.1. The molecule has 3 aromatic rings. The van der Waals surface area contributed by atoms with Crippen LogP contribution in [-0.4, -0.2) is 18.2 Å². The van der Waals surface area contributed by atoms with Crippen molar-refractivity contribution in [3.63, 3.8) is 0 Å². The molecule has 0 unspecified atom stereocenters. The zero-order valence-electron chi connectivity index (χ0n) is 14.1. The maximum Gasteiger partial charge on any atom is 0.280 e. The summed E-state index contributed by atoms with van der Waals surface area (Å²) < 4.78 is 10.9. The Labute approximate surface area is 150 Å². The molecule has 0 aliphatic rings. The molecule has 0 fully saturated rings. The number of hydrogen-bond donors (Lipinski definition) is 1. The summed E-state index contributed by atoms with van der Waals surface area (Å²) in [6.07, 6.45) is 1.52. The molecule has 26 heavy (non-hydrogen) atoms. The molecule has 0 aliphatic heterocycles. The summed E-state index contributed by atoms with van der Waals surface area (Å²) in [5.41, 5.74) is 4.33. The van der Waals surface area contributed by atoms with Crippen LogP contribution in [0.4, 0.5) is 5.69 Å². The van der Waals surface area contributed by atoms with Crippen molar-refractivity contribution in [2.45, 2.75) is 6.54 Å². The highest BCUT2D eigenvalue weighted by molar-refractivity contribution is 5.78. The second-order valence-corrected chi connectivity index (χ2v) is 5.38. The standard InChI is InChI=1S/C19H17N3O4/c1-25-18-9-5-2-6-14(18)12-20-21-13-15-10-11-19(26-15)16-7-3-4-8-17(16)22(23)24/h2-11,13,20H,12H2,1H3/b21-13+. The van der Waals surface area contributed by atoms with Gasteiger partial charge in [-0.3, -0.25) is 10.1 Å². The van der Waals surface area contributed by atoms with Gasteiger partial charge in [-0.25, -0.2) is 0 Å². The van der Waals surface area contributed by atoms with Crippen molar-refractivity contribution in [2.24, 2.45) is 5.10 Å². The normalized spacial score (nSPS) is 10.8. The number of hydrazone groups is 1. The van der Waals surface area contributed by atoms with Crippen molar-refractivity contribution in [2.75, 3.05) is 7.11 Å². The van der Waals surface area contributed by atoms with Crippen LogP contribution < -0.4 is 10.2 Å². The number of hydrogen-bond acceptors (Lipinski definition) is 6. The zero-order valence-corrected chi connectivity index (χ0v) is 14.1. The highest BCUT2D eigenvalue weighted by atomic mass is 16.6. The molecule has 0 atom stereocenters. The lowest BCUT2D eigenvalue weighted by Gasteiger charge is -2.06. The fraction of sp³-hybridized carbons (Fsp3) is 0.105. The zero-order chi connectivity index (χ0) is 18.4. The fourth-order valence-corrected chi connectivity index (χ4v) is 2.50. The molecule has 1 heterocycles. The molecule has 0 saturated heterocycles. The van der Waals surface area contributed by atoms with Crippen LogP contribution in [0.5, 0.6) is 5.75 Å². The molecular formula is C19H17N3O4. The molecule has 1 N–H and O–H groups in total. The highest BCUT2D eigenvalue weighted by Crippen LogP contribution is 2.30. The van der Waals surface area contributed by atoms with Gasteiger partial charge in [0.2, 0.25) is 0 Å². The summed E-state index contributed by atoms with van der Waals surface area (Å²) in [6.45, 7) is 0.498. The van der Waals surface area contributed by atoms with E-state index < -0.39 is 4.92 Å². The number of nitro benzene ring substituents is 1. The van der Waals surface area contributed by atoms with Crippen LogP contribution in [0.25, 0.3) is 11.3 Å². The van der Waals surface area contributed by atoms with Gasteiger partial charge in [-0.05, 0) is 24.3 Å². The minimum atomic E-state index is -0.430. The number of benzene rings is 2. The molecule has 3 rings (SSSR count). The van der Waals surface area contributed by atoms with Crippen molar-refractivity contribution in [3.05, 3.63) is 82.1 Å². The van der Waals surface area contributed by atoms with Crippen LogP contribution >= 0.6 is 0 Å². The van der Waals surface area contributed by atoms with Gasteiger partial charge in [-0.1, -0.05) is 30.3 Å². The molecule has 0 spiro atoms. The number of rotatable bonds is 7. The number of furan rings is 1. The Kier molecular flexibility index (Phi) is 5.28. The van der Waals surface area contributed by atoms with Gasteiger partial charge in [-0.15, -0.1) is 0 Å². The first-order chi connectivity index (χ1) is 12.7. The smallest absolute Gasteiger partial charge is 0.280 e. The summed E-state index contributed by atoms with van der Waals surface area (Å²) in [6, 6.07) is 17.5. The van der Waals surface area contributed by atoms with E-state index in [1.807, 2.05) is 24.3 Å². The molecule has 132 valence electrons. The topological polar surface area (TPSA) is 89.9 Å². The third-order valence-corrected chi connectivity index (χ3v) is 3.74. The maximum absolute atomic E-state index is 11.1. The Hall–Kier alpha value is -3.61. The average Bonchev–Trinajstić information content (AvgIpc) is 3.14. The molecule has 0 bridgehead atoms. The van der Waals surface area contributed by atoms with Crippen molar-refractivity contribution in [3.8, 4) is 17.1 Å². The van der Waals surface area contributed by atoms with Crippen LogP contribution in [0.1, 0.15) is 11.3 Å². The van der Waals surface area contributed by atoms with Crippen LogP contribution in [0.15, 0.2) is 70.2 Å². The van der Waals surface area contributed by atoms with Gasteiger partial charge < -0.3 is 14.6 Å². The van der Waals surface area contributed by atoms with Gasteiger partial charge >= 0.3 is 0 Å². The summed E-state index contributed by atoms with van der Waals surface area (Å²) in [7, 11) is 1.62. The third-order valence-electron chi connectivity index (χ3n) is 3.74. The molecule has 7 heteroatoms. The Morgan fingerprint density at radius 3 is 2.73 bits per heavy atom. The molecule has 0 saturated carbocycles. The van der Waals surface area contributed by atoms with Gasteiger partial charge in [-0.2, -0.15) is 5.10 Å². The van der Waals surface area contributed by atoms with Gasteiger partial charge in [0.1, 0.15) is 17.3 Å².